The number of aryl methyl sites for hydroxylation is 2. The van der Waals surface area contributed by atoms with E-state index in [4.69, 9.17) is 5.26 Å². The van der Waals surface area contributed by atoms with Crippen LogP contribution in [0.2, 0.25) is 0 Å². The Morgan fingerprint density at radius 2 is 1.73 bits per heavy atom. The van der Waals surface area contributed by atoms with E-state index >= 15 is 0 Å². The molecule has 0 unspecified atom stereocenters. The smallest absolute Gasteiger partial charge is 0.274 e. The number of nitrogens with one attached hydrogen (secondary N) is 2. The van der Waals surface area contributed by atoms with Gasteiger partial charge in [0.05, 0.1) is 11.6 Å². The normalized spacial score (nSPS) is 10.0. The molecule has 128 valence electrons. The Hall–Kier alpha value is -3.72. The van der Waals surface area contributed by atoms with Crippen LogP contribution in [-0.4, -0.2) is 15.9 Å². The standard InChI is InChI=1S/C20H17N5O/c1-13-4-3-5-14(2)18(13)25-20-22-11-10-17(24-20)19(26)23-16-8-6-15(12-21)7-9-16/h3-11H,1-2H3,(H,23,26)(H,22,24,25). The molecular formula is C20H17N5O. The second kappa shape index (κ2) is 7.45. The number of rotatable bonds is 4. The van der Waals surface area contributed by atoms with Crippen LogP contribution in [-0.2, 0) is 0 Å². The topological polar surface area (TPSA) is 90.7 Å². The van der Waals surface area contributed by atoms with Gasteiger partial charge in [-0.3, -0.25) is 4.79 Å². The van der Waals surface area contributed by atoms with Crippen molar-refractivity contribution in [2.45, 2.75) is 13.8 Å². The highest BCUT2D eigenvalue weighted by Gasteiger charge is 2.11. The van der Waals surface area contributed by atoms with Gasteiger partial charge < -0.3 is 10.6 Å². The monoisotopic (exact) mass is 343 g/mol. The van der Waals surface area contributed by atoms with Crippen molar-refractivity contribution >= 4 is 23.2 Å². The van der Waals surface area contributed by atoms with Gasteiger partial charge in [-0.05, 0) is 55.3 Å². The lowest BCUT2D eigenvalue weighted by Gasteiger charge is -2.12. The fourth-order valence-electron chi connectivity index (χ4n) is 2.49. The van der Waals surface area contributed by atoms with Crippen LogP contribution in [0.4, 0.5) is 17.3 Å². The summed E-state index contributed by atoms with van der Waals surface area (Å²) in [6.07, 6.45) is 1.54. The Balaban J connectivity index is 1.78. The van der Waals surface area contributed by atoms with Crippen LogP contribution in [0.3, 0.4) is 0 Å². The second-order valence-corrected chi connectivity index (χ2v) is 5.80. The van der Waals surface area contributed by atoms with Crippen LogP contribution < -0.4 is 10.6 Å². The van der Waals surface area contributed by atoms with Gasteiger partial charge in [-0.2, -0.15) is 5.26 Å². The first kappa shape index (κ1) is 17.1. The molecule has 6 nitrogen and oxygen atoms in total. The van der Waals surface area contributed by atoms with Crippen molar-refractivity contribution in [3.63, 3.8) is 0 Å². The van der Waals surface area contributed by atoms with Gasteiger partial charge in [-0.25, -0.2) is 9.97 Å². The lowest BCUT2D eigenvalue weighted by molar-refractivity contribution is 0.102. The number of anilines is 3. The largest absolute Gasteiger partial charge is 0.324 e. The number of benzene rings is 2. The highest BCUT2D eigenvalue weighted by molar-refractivity contribution is 6.03. The van der Waals surface area contributed by atoms with E-state index in [1.807, 2.05) is 38.1 Å². The maximum atomic E-state index is 12.4. The van der Waals surface area contributed by atoms with Gasteiger partial charge in [0.15, 0.2) is 0 Å². The first-order valence-electron chi connectivity index (χ1n) is 8.04. The zero-order chi connectivity index (χ0) is 18.5. The lowest BCUT2D eigenvalue weighted by atomic mass is 10.1. The van der Waals surface area contributed by atoms with Crippen molar-refractivity contribution < 1.29 is 4.79 Å². The molecule has 0 spiro atoms. The molecule has 0 aliphatic rings. The SMILES string of the molecule is Cc1cccc(C)c1Nc1nccc(C(=O)Nc2ccc(C#N)cc2)n1. The molecular weight excluding hydrogens is 326 g/mol. The van der Waals surface area contributed by atoms with Gasteiger partial charge in [-0.1, -0.05) is 18.2 Å². The predicted molar refractivity (Wildman–Crippen MR) is 100 cm³/mol. The summed E-state index contributed by atoms with van der Waals surface area (Å²) in [5, 5.41) is 14.8. The summed E-state index contributed by atoms with van der Waals surface area (Å²) >= 11 is 0. The van der Waals surface area contributed by atoms with Crippen molar-refractivity contribution in [2.75, 3.05) is 10.6 Å². The molecule has 0 aliphatic carbocycles. The van der Waals surface area contributed by atoms with Gasteiger partial charge in [0.2, 0.25) is 5.95 Å². The highest BCUT2D eigenvalue weighted by atomic mass is 16.1. The summed E-state index contributed by atoms with van der Waals surface area (Å²) in [7, 11) is 0. The molecule has 3 rings (SSSR count). The molecule has 0 bridgehead atoms. The molecule has 0 saturated heterocycles. The van der Waals surface area contributed by atoms with E-state index in [2.05, 4.69) is 20.6 Å². The number of carbonyl (C=O) groups is 1. The molecule has 6 heteroatoms. The third kappa shape index (κ3) is 3.84. The zero-order valence-corrected chi connectivity index (χ0v) is 14.4. The minimum absolute atomic E-state index is 0.248. The second-order valence-electron chi connectivity index (χ2n) is 5.80. The van der Waals surface area contributed by atoms with E-state index in [1.165, 1.54) is 6.20 Å². The van der Waals surface area contributed by atoms with Gasteiger partial charge in [0.1, 0.15) is 5.69 Å². The molecule has 1 heterocycles. The van der Waals surface area contributed by atoms with E-state index in [-0.39, 0.29) is 11.6 Å². The van der Waals surface area contributed by atoms with Crippen LogP contribution in [0.15, 0.2) is 54.7 Å². The highest BCUT2D eigenvalue weighted by Crippen LogP contribution is 2.22. The predicted octanol–water partition coefficient (Wildman–Crippen LogP) is 3.96. The van der Waals surface area contributed by atoms with Crippen molar-refractivity contribution in [3.05, 3.63) is 77.1 Å². The molecule has 2 aromatic carbocycles. The summed E-state index contributed by atoms with van der Waals surface area (Å²) in [5.41, 5.74) is 4.44. The Morgan fingerprint density at radius 1 is 1.04 bits per heavy atom. The summed E-state index contributed by atoms with van der Waals surface area (Å²) in [6, 6.07) is 16.2. The Morgan fingerprint density at radius 3 is 2.38 bits per heavy atom. The molecule has 3 aromatic rings. The Labute approximate surface area is 151 Å². The van der Waals surface area contributed by atoms with E-state index in [0.29, 0.717) is 17.2 Å². The maximum Gasteiger partial charge on any atom is 0.274 e. The fourth-order valence-corrected chi connectivity index (χ4v) is 2.49. The number of nitriles is 1. The third-order valence-corrected chi connectivity index (χ3v) is 3.88. The van der Waals surface area contributed by atoms with Gasteiger partial charge in [0.25, 0.3) is 5.91 Å². The maximum absolute atomic E-state index is 12.4. The van der Waals surface area contributed by atoms with Crippen LogP contribution >= 0.6 is 0 Å². The molecule has 2 N–H and O–H groups in total. The minimum atomic E-state index is -0.346. The number of hydrogen-bond acceptors (Lipinski definition) is 5. The summed E-state index contributed by atoms with van der Waals surface area (Å²) in [5.74, 6) is 0.0107. The number of hydrogen-bond donors (Lipinski definition) is 2. The number of amides is 1. The van der Waals surface area contributed by atoms with Crippen LogP contribution in [0.1, 0.15) is 27.2 Å². The van der Waals surface area contributed by atoms with Crippen molar-refractivity contribution in [1.29, 1.82) is 5.26 Å². The summed E-state index contributed by atoms with van der Waals surface area (Å²) < 4.78 is 0. The van der Waals surface area contributed by atoms with Crippen molar-refractivity contribution in [1.82, 2.24) is 9.97 Å². The van der Waals surface area contributed by atoms with E-state index < -0.39 is 0 Å². The van der Waals surface area contributed by atoms with E-state index in [9.17, 15) is 4.79 Å². The van der Waals surface area contributed by atoms with Crippen molar-refractivity contribution in [2.24, 2.45) is 0 Å². The quantitative estimate of drug-likeness (QED) is 0.748. The molecule has 0 saturated carbocycles. The molecule has 1 amide bonds. The van der Waals surface area contributed by atoms with Crippen molar-refractivity contribution in [3.8, 4) is 6.07 Å². The molecule has 0 radical (unpaired) electrons. The molecule has 0 atom stereocenters. The molecule has 26 heavy (non-hydrogen) atoms. The fraction of sp³-hybridized carbons (Fsp3) is 0.100. The molecule has 0 aliphatic heterocycles. The Bertz CT molecular complexity index is 970. The van der Waals surface area contributed by atoms with E-state index in [1.54, 1.807) is 30.3 Å². The first-order valence-corrected chi connectivity index (χ1v) is 8.04. The molecule has 1 aromatic heterocycles. The Kier molecular flexibility index (Phi) is 4.90. The lowest BCUT2D eigenvalue weighted by Crippen LogP contribution is -2.15. The number of para-hydroxylation sites is 1. The summed E-state index contributed by atoms with van der Waals surface area (Å²) in [4.78, 5) is 20.9. The average molecular weight is 343 g/mol. The number of nitrogens with zero attached hydrogens (tertiary/aromatic N) is 3. The third-order valence-electron chi connectivity index (χ3n) is 3.88. The van der Waals surface area contributed by atoms with Crippen LogP contribution in [0.25, 0.3) is 0 Å². The number of carbonyl (C=O) groups excluding carboxylic acids is 1. The van der Waals surface area contributed by atoms with Crippen LogP contribution in [0.5, 0.6) is 0 Å². The zero-order valence-electron chi connectivity index (χ0n) is 14.4. The average Bonchev–Trinajstić information content (AvgIpc) is 2.66. The van der Waals surface area contributed by atoms with Crippen LogP contribution in [0, 0.1) is 25.2 Å². The minimum Gasteiger partial charge on any atom is -0.324 e. The number of aromatic nitrogens is 2. The van der Waals surface area contributed by atoms with Gasteiger partial charge in [-0.15, -0.1) is 0 Å². The van der Waals surface area contributed by atoms with Gasteiger partial charge >= 0.3 is 0 Å². The van der Waals surface area contributed by atoms with E-state index in [0.717, 1.165) is 16.8 Å². The summed E-state index contributed by atoms with van der Waals surface area (Å²) in [6.45, 7) is 3.99. The molecule has 0 fully saturated rings. The first-order chi connectivity index (χ1) is 12.6. The van der Waals surface area contributed by atoms with Gasteiger partial charge in [0, 0.05) is 17.6 Å².